The van der Waals surface area contributed by atoms with Gasteiger partial charge in [0.05, 0.1) is 0 Å². The van der Waals surface area contributed by atoms with Crippen LogP contribution in [0.15, 0.2) is 0 Å². The first-order chi connectivity index (χ1) is 4.70. The van der Waals surface area contributed by atoms with E-state index in [0.717, 1.165) is 12.2 Å². The zero-order valence-electron chi connectivity index (χ0n) is 6.39. The lowest BCUT2D eigenvalue weighted by Crippen LogP contribution is -2.39. The topological polar surface area (TPSA) is 38.0 Å². The van der Waals surface area contributed by atoms with Gasteiger partial charge >= 0.3 is 0 Å². The van der Waals surface area contributed by atoms with E-state index in [0.29, 0.717) is 11.2 Å². The quantitative estimate of drug-likeness (QED) is 0.629. The van der Waals surface area contributed by atoms with Gasteiger partial charge < -0.3 is 11.1 Å². The second-order valence-electron chi connectivity index (χ2n) is 2.07. The molecule has 2 nitrogen and oxygen atoms in total. The monoisotopic (exact) mass is 178 g/mol. The molecule has 0 aliphatic heterocycles. The summed E-state index contributed by atoms with van der Waals surface area (Å²) in [5.74, 6) is 1.06. The summed E-state index contributed by atoms with van der Waals surface area (Å²) in [7, 11) is 0. The van der Waals surface area contributed by atoms with Crippen molar-refractivity contribution in [2.45, 2.75) is 19.4 Å². The Hall–Kier alpha value is 0.0400. The molecule has 10 heavy (non-hydrogen) atoms. The van der Waals surface area contributed by atoms with Crippen molar-refractivity contribution >= 4 is 29.1 Å². The molecule has 0 heterocycles. The third-order valence-electron chi connectivity index (χ3n) is 1.21. The van der Waals surface area contributed by atoms with Gasteiger partial charge in [-0.05, 0) is 24.9 Å². The van der Waals surface area contributed by atoms with E-state index in [2.05, 4.69) is 18.5 Å². The van der Waals surface area contributed by atoms with Gasteiger partial charge in [-0.3, -0.25) is 0 Å². The van der Waals surface area contributed by atoms with Crippen LogP contribution in [0, 0.1) is 0 Å². The number of nitrogens with two attached hydrogens (primary N) is 1. The Morgan fingerprint density at radius 1 is 1.80 bits per heavy atom. The summed E-state index contributed by atoms with van der Waals surface area (Å²) in [6, 6.07) is 0.438. The predicted molar refractivity (Wildman–Crippen MR) is 52.4 cm³/mol. The molecule has 0 saturated heterocycles. The minimum atomic E-state index is 0.404. The summed E-state index contributed by atoms with van der Waals surface area (Å²) in [6.07, 6.45) is 3.14. The van der Waals surface area contributed by atoms with Crippen LogP contribution < -0.4 is 11.1 Å². The summed E-state index contributed by atoms with van der Waals surface area (Å²) >= 11 is 6.51. The van der Waals surface area contributed by atoms with Crippen LogP contribution in [-0.4, -0.2) is 23.2 Å². The highest BCUT2D eigenvalue weighted by Crippen LogP contribution is 1.99. The molecule has 3 N–H and O–H groups in total. The van der Waals surface area contributed by atoms with Crippen molar-refractivity contribution in [3.63, 3.8) is 0 Å². The van der Waals surface area contributed by atoms with Crippen LogP contribution >= 0.6 is 24.0 Å². The summed E-state index contributed by atoms with van der Waals surface area (Å²) in [5, 5.41) is 3.42. The van der Waals surface area contributed by atoms with Crippen LogP contribution in [0.1, 0.15) is 13.3 Å². The summed E-state index contributed by atoms with van der Waals surface area (Å²) in [4.78, 5) is 0. The molecule has 0 spiro atoms. The van der Waals surface area contributed by atoms with Crippen molar-refractivity contribution in [2.24, 2.45) is 5.73 Å². The first kappa shape index (κ1) is 10.0. The predicted octanol–water partition coefficient (Wildman–Crippen LogP) is 0.961. The average Bonchev–Trinajstić information content (AvgIpc) is 1.86. The molecule has 0 bridgehead atoms. The van der Waals surface area contributed by atoms with Gasteiger partial charge in [-0.15, -0.1) is 0 Å². The Kier molecular flexibility index (Phi) is 5.82. The van der Waals surface area contributed by atoms with Crippen molar-refractivity contribution < 1.29 is 0 Å². The van der Waals surface area contributed by atoms with Gasteiger partial charge in [0.15, 0.2) is 5.11 Å². The SMILES string of the molecule is CCC(CSC)NC(N)=S. The molecule has 60 valence electrons. The average molecular weight is 178 g/mol. The van der Waals surface area contributed by atoms with E-state index >= 15 is 0 Å². The van der Waals surface area contributed by atoms with Gasteiger partial charge in [-0.1, -0.05) is 6.92 Å². The molecule has 0 aromatic carbocycles. The Morgan fingerprint density at radius 2 is 2.40 bits per heavy atom. The number of thiocarbonyl (C=S) groups is 1. The van der Waals surface area contributed by atoms with Crippen molar-refractivity contribution in [3.8, 4) is 0 Å². The van der Waals surface area contributed by atoms with Crippen LogP contribution in [0.2, 0.25) is 0 Å². The molecule has 0 aromatic rings. The number of hydrogen-bond acceptors (Lipinski definition) is 2. The van der Waals surface area contributed by atoms with E-state index in [1.165, 1.54) is 0 Å². The van der Waals surface area contributed by atoms with E-state index in [9.17, 15) is 0 Å². The minimum Gasteiger partial charge on any atom is -0.376 e. The molecule has 0 rings (SSSR count). The van der Waals surface area contributed by atoms with Crippen LogP contribution in [0.5, 0.6) is 0 Å². The zero-order valence-corrected chi connectivity index (χ0v) is 8.02. The molecular formula is C6H14N2S2. The van der Waals surface area contributed by atoms with Crippen LogP contribution in [-0.2, 0) is 0 Å². The number of rotatable bonds is 4. The maximum atomic E-state index is 5.31. The fourth-order valence-corrected chi connectivity index (χ4v) is 1.55. The molecule has 4 heteroatoms. The molecule has 0 aromatic heterocycles. The number of nitrogens with one attached hydrogen (secondary N) is 1. The smallest absolute Gasteiger partial charge is 0.163 e. The van der Waals surface area contributed by atoms with Gasteiger partial charge in [0.2, 0.25) is 0 Å². The van der Waals surface area contributed by atoms with E-state index < -0.39 is 0 Å². The van der Waals surface area contributed by atoms with Gasteiger partial charge in [0, 0.05) is 11.8 Å². The number of thioether (sulfide) groups is 1. The Morgan fingerprint density at radius 3 is 2.70 bits per heavy atom. The van der Waals surface area contributed by atoms with Gasteiger partial charge in [0.1, 0.15) is 0 Å². The fourth-order valence-electron chi connectivity index (χ4n) is 0.664. The van der Waals surface area contributed by atoms with E-state index in [1.807, 2.05) is 0 Å². The molecular weight excluding hydrogens is 164 g/mol. The standard InChI is InChI=1S/C6H14N2S2/c1-3-5(4-10-2)8-6(7)9/h5H,3-4H2,1-2H3,(H3,7,8,9). The van der Waals surface area contributed by atoms with Crippen molar-refractivity contribution in [3.05, 3.63) is 0 Å². The highest BCUT2D eigenvalue weighted by Gasteiger charge is 2.03. The van der Waals surface area contributed by atoms with E-state index in [4.69, 9.17) is 18.0 Å². The van der Waals surface area contributed by atoms with Gasteiger partial charge in [-0.25, -0.2) is 0 Å². The fraction of sp³-hybridized carbons (Fsp3) is 0.833. The van der Waals surface area contributed by atoms with E-state index in [-0.39, 0.29) is 0 Å². The van der Waals surface area contributed by atoms with Crippen LogP contribution in [0.25, 0.3) is 0 Å². The normalized spacial score (nSPS) is 12.6. The number of hydrogen-bond donors (Lipinski definition) is 2. The Labute approximate surface area is 71.9 Å². The molecule has 0 amide bonds. The summed E-state index contributed by atoms with van der Waals surface area (Å²) in [6.45, 7) is 2.12. The first-order valence-electron chi connectivity index (χ1n) is 3.25. The summed E-state index contributed by atoms with van der Waals surface area (Å²) < 4.78 is 0. The summed E-state index contributed by atoms with van der Waals surface area (Å²) in [5.41, 5.74) is 5.31. The molecule has 0 fully saturated rings. The molecule has 1 unspecified atom stereocenters. The maximum Gasteiger partial charge on any atom is 0.163 e. The lowest BCUT2D eigenvalue weighted by molar-refractivity contribution is 0.653. The van der Waals surface area contributed by atoms with Crippen LogP contribution in [0.4, 0.5) is 0 Å². The lowest BCUT2D eigenvalue weighted by Gasteiger charge is -2.14. The molecule has 0 saturated carbocycles. The minimum absolute atomic E-state index is 0.404. The van der Waals surface area contributed by atoms with Crippen molar-refractivity contribution in [1.29, 1.82) is 0 Å². The van der Waals surface area contributed by atoms with Crippen molar-refractivity contribution in [2.75, 3.05) is 12.0 Å². The lowest BCUT2D eigenvalue weighted by atomic mass is 10.3. The van der Waals surface area contributed by atoms with Gasteiger partial charge in [0.25, 0.3) is 0 Å². The second kappa shape index (κ2) is 5.80. The largest absolute Gasteiger partial charge is 0.376 e. The third kappa shape index (κ3) is 4.88. The first-order valence-corrected chi connectivity index (χ1v) is 5.05. The Balaban J connectivity index is 3.49. The van der Waals surface area contributed by atoms with Gasteiger partial charge in [-0.2, -0.15) is 11.8 Å². The highest BCUT2D eigenvalue weighted by molar-refractivity contribution is 7.98. The zero-order chi connectivity index (χ0) is 7.98. The third-order valence-corrected chi connectivity index (χ3v) is 2.06. The molecule has 0 aliphatic carbocycles. The Bertz CT molecular complexity index is 106. The van der Waals surface area contributed by atoms with Crippen LogP contribution in [0.3, 0.4) is 0 Å². The van der Waals surface area contributed by atoms with E-state index in [1.54, 1.807) is 11.8 Å². The molecule has 1 atom stereocenters. The highest BCUT2D eigenvalue weighted by atomic mass is 32.2. The maximum absolute atomic E-state index is 5.31. The molecule has 0 radical (unpaired) electrons. The second-order valence-corrected chi connectivity index (χ2v) is 3.42. The molecule has 0 aliphatic rings. The van der Waals surface area contributed by atoms with Crippen molar-refractivity contribution in [1.82, 2.24) is 5.32 Å².